The third kappa shape index (κ3) is 15.5. The molecule has 0 fully saturated rings. The van der Waals surface area contributed by atoms with Crippen LogP contribution in [-0.4, -0.2) is 36.9 Å². The van der Waals surface area contributed by atoms with E-state index >= 15 is 0 Å². The van der Waals surface area contributed by atoms with E-state index in [1.807, 2.05) is 80.6 Å². The van der Waals surface area contributed by atoms with Gasteiger partial charge in [0, 0.05) is 5.57 Å². The number of ether oxygens (including phenoxy) is 3. The first kappa shape index (κ1) is 31.0. The molecule has 37 heavy (non-hydrogen) atoms. The van der Waals surface area contributed by atoms with Gasteiger partial charge in [-0.05, 0) is 68.7 Å². The molecule has 2 aromatic carbocycles. The summed E-state index contributed by atoms with van der Waals surface area (Å²) in [5.74, 6) is 0.196. The zero-order valence-electron chi connectivity index (χ0n) is 22.2. The Kier molecular flexibility index (Phi) is 15.3. The second kappa shape index (κ2) is 18.2. The van der Waals surface area contributed by atoms with Gasteiger partial charge in [0.05, 0.1) is 6.61 Å². The van der Waals surface area contributed by atoms with Crippen molar-refractivity contribution in [2.45, 2.75) is 40.5 Å². The SMILES string of the molecule is C=C(C)C(=O)OCCCC.CC(C)=CCOC(=O)COc1ccc(C=CC=Cc2ccc(O)cc2)cc1. The molecule has 0 aliphatic heterocycles. The lowest BCUT2D eigenvalue weighted by Crippen LogP contribution is -2.14. The Hall–Kier alpha value is -4.06. The summed E-state index contributed by atoms with van der Waals surface area (Å²) in [4.78, 5) is 22.3. The molecule has 0 atom stereocenters. The summed E-state index contributed by atoms with van der Waals surface area (Å²) >= 11 is 0. The largest absolute Gasteiger partial charge is 0.508 e. The van der Waals surface area contributed by atoms with Gasteiger partial charge in [-0.15, -0.1) is 0 Å². The van der Waals surface area contributed by atoms with Gasteiger partial charge in [-0.3, -0.25) is 0 Å². The first-order chi connectivity index (χ1) is 17.7. The van der Waals surface area contributed by atoms with Crippen molar-refractivity contribution in [3.8, 4) is 11.5 Å². The first-order valence-electron chi connectivity index (χ1n) is 12.2. The Balaban J connectivity index is 0.000000580. The summed E-state index contributed by atoms with van der Waals surface area (Å²) < 4.78 is 15.3. The van der Waals surface area contributed by atoms with Gasteiger partial charge in [-0.25, -0.2) is 9.59 Å². The van der Waals surface area contributed by atoms with Crippen molar-refractivity contribution in [1.29, 1.82) is 0 Å². The molecule has 0 bridgehead atoms. The van der Waals surface area contributed by atoms with Crippen molar-refractivity contribution >= 4 is 24.1 Å². The second-order valence-electron chi connectivity index (χ2n) is 8.40. The molecule has 2 rings (SSSR count). The summed E-state index contributed by atoms with van der Waals surface area (Å²) in [6, 6.07) is 14.4. The molecule has 0 aliphatic carbocycles. The average molecular weight is 507 g/mol. The number of esters is 2. The van der Waals surface area contributed by atoms with Gasteiger partial charge in [-0.1, -0.05) is 74.1 Å². The molecule has 0 spiro atoms. The van der Waals surface area contributed by atoms with Gasteiger partial charge in [0.1, 0.15) is 18.1 Å². The minimum atomic E-state index is -0.393. The average Bonchev–Trinajstić information content (AvgIpc) is 2.87. The second-order valence-corrected chi connectivity index (χ2v) is 8.40. The quantitative estimate of drug-likeness (QED) is 0.111. The van der Waals surface area contributed by atoms with Crippen LogP contribution in [0.4, 0.5) is 0 Å². The number of phenols is 1. The third-order valence-corrected chi connectivity index (χ3v) is 4.63. The van der Waals surface area contributed by atoms with E-state index in [1.165, 1.54) is 0 Å². The lowest BCUT2D eigenvalue weighted by Gasteiger charge is -2.06. The predicted molar refractivity (Wildman–Crippen MR) is 149 cm³/mol. The summed E-state index contributed by atoms with van der Waals surface area (Å²) in [6.07, 6.45) is 11.6. The normalized spacial score (nSPS) is 10.4. The van der Waals surface area contributed by atoms with E-state index in [9.17, 15) is 14.7 Å². The molecule has 0 radical (unpaired) electrons. The Labute approximate surface area is 220 Å². The molecule has 0 unspecified atom stereocenters. The van der Waals surface area contributed by atoms with Gasteiger partial charge in [0.2, 0.25) is 0 Å². The maximum Gasteiger partial charge on any atom is 0.344 e. The van der Waals surface area contributed by atoms with Crippen molar-refractivity contribution in [2.24, 2.45) is 0 Å². The molecule has 0 heterocycles. The van der Waals surface area contributed by atoms with E-state index in [4.69, 9.17) is 14.2 Å². The molecule has 0 saturated carbocycles. The maximum atomic E-state index is 11.6. The van der Waals surface area contributed by atoms with Crippen LogP contribution in [0.2, 0.25) is 0 Å². The van der Waals surface area contributed by atoms with E-state index in [1.54, 1.807) is 19.1 Å². The Morgan fingerprint density at radius 1 is 0.892 bits per heavy atom. The Morgan fingerprint density at radius 2 is 1.46 bits per heavy atom. The van der Waals surface area contributed by atoms with Crippen LogP contribution in [0.5, 0.6) is 11.5 Å². The van der Waals surface area contributed by atoms with E-state index in [0.29, 0.717) is 17.9 Å². The monoisotopic (exact) mass is 506 g/mol. The smallest absolute Gasteiger partial charge is 0.344 e. The topological polar surface area (TPSA) is 82.1 Å². The predicted octanol–water partition coefficient (Wildman–Crippen LogP) is 6.91. The summed E-state index contributed by atoms with van der Waals surface area (Å²) in [5, 5.41) is 9.25. The molecular formula is C31H38O6. The molecule has 6 nitrogen and oxygen atoms in total. The zero-order chi connectivity index (χ0) is 27.5. The lowest BCUT2D eigenvalue weighted by molar-refractivity contribution is -0.144. The summed E-state index contributed by atoms with van der Waals surface area (Å²) in [7, 11) is 0. The highest BCUT2D eigenvalue weighted by Gasteiger charge is 2.03. The van der Waals surface area contributed by atoms with Gasteiger partial charge in [0.15, 0.2) is 6.61 Å². The van der Waals surface area contributed by atoms with Crippen LogP contribution in [-0.2, 0) is 19.1 Å². The Morgan fingerprint density at radius 3 is 1.97 bits per heavy atom. The standard InChI is InChI=1S/C23H24O4.C8H14O2/c1-18(2)15-16-26-23(25)17-27-22-13-9-20(10-14-22)6-4-3-5-19-7-11-21(24)12-8-19;1-4-5-6-10-8(9)7(2)3/h3-15,24H,16-17H2,1-2H3;2,4-6H2,1,3H3. The number of allylic oxidation sites excluding steroid dienone is 3. The molecule has 1 N–H and O–H groups in total. The number of benzene rings is 2. The van der Waals surface area contributed by atoms with Crippen LogP contribution in [0.1, 0.15) is 51.7 Å². The molecule has 0 aromatic heterocycles. The van der Waals surface area contributed by atoms with Gasteiger partial charge >= 0.3 is 11.9 Å². The molecule has 0 aliphatic rings. The molecule has 198 valence electrons. The number of carbonyl (C=O) groups is 2. The highest BCUT2D eigenvalue weighted by molar-refractivity contribution is 5.86. The lowest BCUT2D eigenvalue weighted by atomic mass is 10.2. The van der Waals surface area contributed by atoms with Crippen molar-refractivity contribution in [2.75, 3.05) is 19.8 Å². The molecule has 0 amide bonds. The Bertz CT molecular complexity index is 1060. The molecule has 0 saturated heterocycles. The van der Waals surface area contributed by atoms with Crippen LogP contribution in [0.25, 0.3) is 12.2 Å². The highest BCUT2D eigenvalue weighted by atomic mass is 16.6. The fraction of sp³-hybridized carbons (Fsp3) is 0.290. The third-order valence-electron chi connectivity index (χ3n) is 4.63. The molecule has 6 heteroatoms. The first-order valence-corrected chi connectivity index (χ1v) is 12.2. The van der Waals surface area contributed by atoms with Crippen LogP contribution < -0.4 is 4.74 Å². The number of phenolic OH excluding ortho intramolecular Hbond substituents is 1. The van der Waals surface area contributed by atoms with Gasteiger partial charge < -0.3 is 19.3 Å². The van der Waals surface area contributed by atoms with E-state index in [0.717, 1.165) is 29.5 Å². The van der Waals surface area contributed by atoms with E-state index in [2.05, 4.69) is 13.5 Å². The van der Waals surface area contributed by atoms with Gasteiger partial charge in [-0.2, -0.15) is 0 Å². The van der Waals surface area contributed by atoms with Crippen molar-refractivity contribution in [3.63, 3.8) is 0 Å². The van der Waals surface area contributed by atoms with Crippen molar-refractivity contribution in [3.05, 3.63) is 95.6 Å². The van der Waals surface area contributed by atoms with Crippen molar-refractivity contribution in [1.82, 2.24) is 0 Å². The van der Waals surface area contributed by atoms with E-state index < -0.39 is 5.97 Å². The van der Waals surface area contributed by atoms with Crippen LogP contribution in [0.15, 0.2) is 84.5 Å². The minimum Gasteiger partial charge on any atom is -0.508 e. The molecular weight excluding hydrogens is 468 g/mol. The molecule has 2 aromatic rings. The fourth-order valence-corrected chi connectivity index (χ4v) is 2.51. The number of rotatable bonds is 12. The zero-order valence-corrected chi connectivity index (χ0v) is 22.2. The minimum absolute atomic E-state index is 0.110. The van der Waals surface area contributed by atoms with Crippen LogP contribution >= 0.6 is 0 Å². The number of hydrogen-bond acceptors (Lipinski definition) is 6. The number of carbonyl (C=O) groups excluding carboxylic acids is 2. The number of aromatic hydroxyl groups is 1. The number of unbranched alkanes of at least 4 members (excludes halogenated alkanes) is 1. The maximum absolute atomic E-state index is 11.6. The van der Waals surface area contributed by atoms with Crippen molar-refractivity contribution < 1.29 is 28.9 Å². The summed E-state index contributed by atoms with van der Waals surface area (Å²) in [6.45, 7) is 11.7. The van der Waals surface area contributed by atoms with Crippen LogP contribution in [0.3, 0.4) is 0 Å². The van der Waals surface area contributed by atoms with Gasteiger partial charge in [0.25, 0.3) is 0 Å². The fourth-order valence-electron chi connectivity index (χ4n) is 2.51. The highest BCUT2D eigenvalue weighted by Crippen LogP contribution is 2.14. The van der Waals surface area contributed by atoms with Crippen LogP contribution in [0, 0.1) is 0 Å². The number of hydrogen-bond donors (Lipinski definition) is 1. The summed E-state index contributed by atoms with van der Waals surface area (Å²) in [5.41, 5.74) is 3.60. The van der Waals surface area contributed by atoms with E-state index in [-0.39, 0.29) is 24.9 Å².